The van der Waals surface area contributed by atoms with E-state index in [0.717, 1.165) is 4.90 Å². The number of aliphatic hydroxyl groups is 1. The van der Waals surface area contributed by atoms with Gasteiger partial charge in [-0.15, -0.1) is 0 Å². The number of imide groups is 1. The van der Waals surface area contributed by atoms with Gasteiger partial charge in [0.1, 0.15) is 0 Å². The molecule has 1 unspecified atom stereocenters. The van der Waals surface area contributed by atoms with Crippen molar-refractivity contribution in [3.63, 3.8) is 0 Å². The highest BCUT2D eigenvalue weighted by atomic mass is 35.5. The smallest absolute Gasteiger partial charge is 0.270 e. The Balaban J connectivity index is 2.70. The van der Waals surface area contributed by atoms with Crippen LogP contribution in [0.15, 0.2) is 18.2 Å². The molecule has 2 amide bonds. The quantitative estimate of drug-likeness (QED) is 0.745. The summed E-state index contributed by atoms with van der Waals surface area (Å²) in [5, 5.41) is 10.5. The number of hydrogen-bond donors (Lipinski definition) is 1. The maximum Gasteiger partial charge on any atom is 0.270 e. The fraction of sp³-hybridized carbons (Fsp3) is 0.273. The van der Waals surface area contributed by atoms with E-state index < -0.39 is 17.4 Å². The van der Waals surface area contributed by atoms with Crippen LogP contribution in [0.2, 0.25) is 5.02 Å². The third kappa shape index (κ3) is 1.34. The van der Waals surface area contributed by atoms with Crippen molar-refractivity contribution in [2.24, 2.45) is 0 Å². The van der Waals surface area contributed by atoms with E-state index in [1.165, 1.54) is 19.9 Å². The molecule has 1 heterocycles. The number of amides is 2. The van der Waals surface area contributed by atoms with E-state index >= 15 is 0 Å². The maximum absolute atomic E-state index is 11.8. The van der Waals surface area contributed by atoms with Crippen LogP contribution in [0.25, 0.3) is 0 Å². The van der Waals surface area contributed by atoms with Gasteiger partial charge in [-0.3, -0.25) is 9.59 Å². The maximum atomic E-state index is 11.8. The average molecular weight is 240 g/mol. The third-order valence-corrected chi connectivity index (χ3v) is 2.89. The molecule has 84 valence electrons. The Morgan fingerprint density at radius 2 is 2.12 bits per heavy atom. The summed E-state index contributed by atoms with van der Waals surface area (Å²) in [6.45, 7) is 2.63. The lowest BCUT2D eigenvalue weighted by atomic mass is 9.98. The number of benzene rings is 1. The summed E-state index contributed by atoms with van der Waals surface area (Å²) in [6, 6.07) is 4.63. The highest BCUT2D eigenvalue weighted by Crippen LogP contribution is 2.41. The molecule has 5 heteroatoms. The van der Waals surface area contributed by atoms with Gasteiger partial charge in [0.25, 0.3) is 5.91 Å². The summed E-state index contributed by atoms with van der Waals surface area (Å²) in [5.74, 6) is -1.08. The molecular formula is C11H10ClNO3. The van der Waals surface area contributed by atoms with Crippen molar-refractivity contribution < 1.29 is 14.7 Å². The number of carbonyl (C=O) groups is 2. The van der Waals surface area contributed by atoms with Crippen LogP contribution in [0.1, 0.15) is 19.4 Å². The van der Waals surface area contributed by atoms with E-state index in [-0.39, 0.29) is 0 Å². The third-order valence-electron chi connectivity index (χ3n) is 2.66. The van der Waals surface area contributed by atoms with E-state index in [2.05, 4.69) is 0 Å². The van der Waals surface area contributed by atoms with E-state index in [4.69, 9.17) is 11.6 Å². The molecule has 1 aromatic rings. The van der Waals surface area contributed by atoms with E-state index in [0.29, 0.717) is 16.3 Å². The minimum atomic E-state index is -1.66. The zero-order chi connectivity index (χ0) is 12.1. The minimum Gasteiger partial charge on any atom is -0.375 e. The van der Waals surface area contributed by atoms with Crippen LogP contribution in [0.3, 0.4) is 0 Å². The molecular weight excluding hydrogens is 230 g/mol. The summed E-state index contributed by atoms with van der Waals surface area (Å²) in [5.41, 5.74) is -0.905. The van der Waals surface area contributed by atoms with E-state index in [1.807, 2.05) is 0 Å². The molecule has 0 spiro atoms. The van der Waals surface area contributed by atoms with Gasteiger partial charge in [0.2, 0.25) is 5.91 Å². The van der Waals surface area contributed by atoms with Crippen LogP contribution in [0, 0.1) is 0 Å². The van der Waals surface area contributed by atoms with Crippen molar-refractivity contribution in [1.29, 1.82) is 0 Å². The fourth-order valence-electron chi connectivity index (χ4n) is 1.86. The molecule has 1 aliphatic heterocycles. The van der Waals surface area contributed by atoms with Gasteiger partial charge >= 0.3 is 0 Å². The van der Waals surface area contributed by atoms with Crippen molar-refractivity contribution in [3.8, 4) is 0 Å². The second kappa shape index (κ2) is 3.30. The normalized spacial score (nSPS) is 23.5. The van der Waals surface area contributed by atoms with Crippen molar-refractivity contribution in [2.75, 3.05) is 4.90 Å². The van der Waals surface area contributed by atoms with Gasteiger partial charge in [-0.25, -0.2) is 4.90 Å². The summed E-state index contributed by atoms with van der Waals surface area (Å²) in [4.78, 5) is 24.2. The van der Waals surface area contributed by atoms with Crippen molar-refractivity contribution >= 4 is 29.1 Å². The largest absolute Gasteiger partial charge is 0.375 e. The van der Waals surface area contributed by atoms with Crippen molar-refractivity contribution in [2.45, 2.75) is 19.4 Å². The van der Waals surface area contributed by atoms with Crippen molar-refractivity contribution in [3.05, 3.63) is 28.8 Å². The highest BCUT2D eigenvalue weighted by molar-refractivity contribution is 6.31. The van der Waals surface area contributed by atoms with Gasteiger partial charge in [-0.05, 0) is 19.1 Å². The zero-order valence-corrected chi connectivity index (χ0v) is 9.58. The Bertz CT molecular complexity index is 496. The predicted molar refractivity (Wildman–Crippen MR) is 59.2 cm³/mol. The highest BCUT2D eigenvalue weighted by Gasteiger charge is 2.47. The Labute approximate surface area is 97.4 Å². The second-order valence-corrected chi connectivity index (χ2v) is 4.33. The molecule has 4 nitrogen and oxygen atoms in total. The Hall–Kier alpha value is -1.39. The minimum absolute atomic E-state index is 0.356. The number of carbonyl (C=O) groups excluding carboxylic acids is 2. The fourth-order valence-corrected chi connectivity index (χ4v) is 2.02. The first-order valence-corrected chi connectivity index (χ1v) is 5.11. The Kier molecular flexibility index (Phi) is 2.29. The molecule has 0 aromatic heterocycles. The first kappa shape index (κ1) is 11.1. The monoisotopic (exact) mass is 239 g/mol. The molecule has 16 heavy (non-hydrogen) atoms. The summed E-state index contributed by atoms with van der Waals surface area (Å²) < 4.78 is 0. The lowest BCUT2D eigenvalue weighted by molar-refractivity contribution is -0.137. The standard InChI is InChI=1S/C11H10ClNO3/c1-6(14)13-9-5-7(12)3-4-8(9)11(2,16)10(13)15/h3-5,16H,1-2H3. The van der Waals surface area contributed by atoms with Gasteiger partial charge in [0.15, 0.2) is 5.60 Å². The van der Waals surface area contributed by atoms with Gasteiger partial charge in [0.05, 0.1) is 5.69 Å². The number of rotatable bonds is 0. The number of nitrogens with zero attached hydrogens (tertiary/aromatic N) is 1. The van der Waals surface area contributed by atoms with Crippen LogP contribution < -0.4 is 4.90 Å². The number of hydrogen-bond acceptors (Lipinski definition) is 3. The molecule has 0 saturated carbocycles. The number of fused-ring (bicyclic) bond motifs is 1. The van der Waals surface area contributed by atoms with Crippen LogP contribution in [-0.4, -0.2) is 16.9 Å². The summed E-state index contributed by atoms with van der Waals surface area (Å²) in [6.07, 6.45) is 0. The molecule has 1 N–H and O–H groups in total. The lowest BCUT2D eigenvalue weighted by Crippen LogP contribution is -2.40. The molecule has 1 atom stereocenters. The summed E-state index contributed by atoms with van der Waals surface area (Å²) >= 11 is 5.80. The Morgan fingerprint density at radius 3 is 2.69 bits per heavy atom. The molecule has 0 bridgehead atoms. The van der Waals surface area contributed by atoms with Crippen LogP contribution in [0.4, 0.5) is 5.69 Å². The van der Waals surface area contributed by atoms with Gasteiger partial charge in [-0.1, -0.05) is 17.7 Å². The lowest BCUT2D eigenvalue weighted by Gasteiger charge is -2.16. The van der Waals surface area contributed by atoms with E-state index in [9.17, 15) is 14.7 Å². The molecule has 0 aliphatic carbocycles. The second-order valence-electron chi connectivity index (χ2n) is 3.89. The molecule has 0 radical (unpaired) electrons. The SMILES string of the molecule is CC(=O)N1C(=O)C(C)(O)c2ccc(Cl)cc21. The molecule has 2 rings (SSSR count). The molecule has 1 aromatic carbocycles. The van der Waals surface area contributed by atoms with Gasteiger partial charge < -0.3 is 5.11 Å². The van der Waals surface area contributed by atoms with Crippen LogP contribution >= 0.6 is 11.6 Å². The van der Waals surface area contributed by atoms with Crippen molar-refractivity contribution in [1.82, 2.24) is 0 Å². The van der Waals surface area contributed by atoms with Crippen LogP contribution in [0.5, 0.6) is 0 Å². The van der Waals surface area contributed by atoms with Gasteiger partial charge in [-0.2, -0.15) is 0 Å². The number of halogens is 1. The van der Waals surface area contributed by atoms with Gasteiger partial charge in [0, 0.05) is 17.5 Å². The molecule has 0 fully saturated rings. The first-order valence-electron chi connectivity index (χ1n) is 4.73. The van der Waals surface area contributed by atoms with Crippen LogP contribution in [-0.2, 0) is 15.2 Å². The summed E-state index contributed by atoms with van der Waals surface area (Å²) in [7, 11) is 0. The Morgan fingerprint density at radius 1 is 1.50 bits per heavy atom. The first-order chi connectivity index (χ1) is 7.35. The predicted octanol–water partition coefficient (Wildman–Crippen LogP) is 1.44. The zero-order valence-electron chi connectivity index (χ0n) is 8.82. The molecule has 1 aliphatic rings. The molecule has 0 saturated heterocycles. The van der Waals surface area contributed by atoms with E-state index in [1.54, 1.807) is 12.1 Å². The average Bonchev–Trinajstić information content (AvgIpc) is 2.34. The topological polar surface area (TPSA) is 57.6 Å². The number of anilines is 1.